The van der Waals surface area contributed by atoms with Crippen LogP contribution in [-0.4, -0.2) is 29.2 Å². The first-order chi connectivity index (χ1) is 12.6. The fraction of sp³-hybridized carbons (Fsp3) is 0.316. The lowest BCUT2D eigenvalue weighted by Gasteiger charge is -2.06. The van der Waals surface area contributed by atoms with E-state index in [-0.39, 0.29) is 18.8 Å². The van der Waals surface area contributed by atoms with Crippen LogP contribution < -0.4 is 10.3 Å². The number of para-hydroxylation sites is 1. The molecule has 0 saturated heterocycles. The molecule has 0 radical (unpaired) electrons. The van der Waals surface area contributed by atoms with Gasteiger partial charge in [-0.05, 0) is 31.0 Å². The first kappa shape index (κ1) is 18.1. The third-order valence-corrected chi connectivity index (χ3v) is 5.02. The van der Waals surface area contributed by atoms with Crippen LogP contribution in [0.15, 0.2) is 35.1 Å². The molecule has 1 aromatic carbocycles. The minimum Gasteiger partial charge on any atom is -0.490 e. The predicted octanol–water partition coefficient (Wildman–Crippen LogP) is 3.48. The van der Waals surface area contributed by atoms with Crippen LogP contribution >= 0.6 is 11.3 Å². The molecule has 0 fully saturated rings. The van der Waals surface area contributed by atoms with Crippen molar-refractivity contribution in [1.82, 2.24) is 9.97 Å². The van der Waals surface area contributed by atoms with Crippen LogP contribution in [0.1, 0.15) is 34.4 Å². The quantitative estimate of drug-likeness (QED) is 0.507. The minimum atomic E-state index is -0.460. The Morgan fingerprint density at radius 1 is 1.23 bits per heavy atom. The Kier molecular flexibility index (Phi) is 5.68. The normalized spacial score (nSPS) is 10.8. The number of hydrogen-bond acceptors (Lipinski definition) is 6. The van der Waals surface area contributed by atoms with Gasteiger partial charge >= 0.3 is 5.97 Å². The molecular weight excluding hydrogens is 352 g/mol. The van der Waals surface area contributed by atoms with Gasteiger partial charge in [0.15, 0.2) is 0 Å². The summed E-state index contributed by atoms with van der Waals surface area (Å²) in [7, 11) is 0. The van der Waals surface area contributed by atoms with Crippen molar-refractivity contribution < 1.29 is 14.3 Å². The number of carbonyl (C=O) groups excluding carboxylic acids is 1. The Morgan fingerprint density at radius 2 is 2.00 bits per heavy atom. The molecule has 0 amide bonds. The average molecular weight is 372 g/mol. The molecule has 0 aliphatic carbocycles. The summed E-state index contributed by atoms with van der Waals surface area (Å²) >= 11 is 1.19. The number of rotatable bonds is 7. The number of nitrogens with zero attached hydrogens (tertiary/aromatic N) is 1. The largest absolute Gasteiger partial charge is 0.490 e. The van der Waals surface area contributed by atoms with Crippen LogP contribution in [0.4, 0.5) is 0 Å². The molecule has 3 aromatic rings. The summed E-state index contributed by atoms with van der Waals surface area (Å²) in [5.74, 6) is 0.904. The van der Waals surface area contributed by atoms with Gasteiger partial charge in [0.25, 0.3) is 5.56 Å². The molecule has 2 heterocycles. The van der Waals surface area contributed by atoms with E-state index in [1.807, 2.05) is 37.3 Å². The number of H-pyrrole nitrogens is 1. The molecule has 7 heteroatoms. The van der Waals surface area contributed by atoms with Gasteiger partial charge in [-0.2, -0.15) is 0 Å². The van der Waals surface area contributed by atoms with Crippen LogP contribution in [-0.2, 0) is 11.2 Å². The third-order valence-electron chi connectivity index (χ3n) is 3.85. The number of aryl methyl sites for hydroxylation is 2. The van der Waals surface area contributed by atoms with E-state index >= 15 is 0 Å². The number of ether oxygens (including phenoxy) is 2. The fourth-order valence-corrected chi connectivity index (χ4v) is 3.71. The number of benzene rings is 1. The number of hydrogen-bond donors (Lipinski definition) is 1. The van der Waals surface area contributed by atoms with Crippen LogP contribution in [0, 0.1) is 6.92 Å². The summed E-state index contributed by atoms with van der Waals surface area (Å²) in [5.41, 5.74) is 0.398. The number of carbonyl (C=O) groups is 1. The molecule has 0 unspecified atom stereocenters. The standard InChI is InChI=1S/C19H20N2O4S/c1-3-7-14-20-17(22)15-12(2)16(26-18(15)21-14)19(23)25-11-10-24-13-8-5-4-6-9-13/h4-6,8-9H,3,7,10-11H2,1-2H3,(H,20,21,22). The molecule has 0 spiro atoms. The Balaban J connectivity index is 1.69. The number of fused-ring (bicyclic) bond motifs is 1. The molecule has 3 rings (SSSR count). The second kappa shape index (κ2) is 8.14. The molecule has 136 valence electrons. The summed E-state index contributed by atoms with van der Waals surface area (Å²) in [6.45, 7) is 4.15. The van der Waals surface area contributed by atoms with E-state index in [1.54, 1.807) is 6.92 Å². The smallest absolute Gasteiger partial charge is 0.348 e. The molecular formula is C19H20N2O4S. The van der Waals surface area contributed by atoms with E-state index in [1.165, 1.54) is 11.3 Å². The Labute approximate surface area is 154 Å². The number of esters is 1. The van der Waals surface area contributed by atoms with Crippen LogP contribution in [0.25, 0.3) is 10.2 Å². The van der Waals surface area contributed by atoms with Gasteiger partial charge in [-0.25, -0.2) is 9.78 Å². The van der Waals surface area contributed by atoms with Gasteiger partial charge in [0.1, 0.15) is 34.5 Å². The molecule has 0 saturated carbocycles. The van der Waals surface area contributed by atoms with Crippen molar-refractivity contribution in [2.75, 3.05) is 13.2 Å². The fourth-order valence-electron chi connectivity index (χ4n) is 2.61. The van der Waals surface area contributed by atoms with Crippen LogP contribution in [0.3, 0.4) is 0 Å². The highest BCUT2D eigenvalue weighted by atomic mass is 32.1. The highest BCUT2D eigenvalue weighted by Crippen LogP contribution is 2.27. The summed E-state index contributed by atoms with van der Waals surface area (Å²) in [6, 6.07) is 9.32. The zero-order chi connectivity index (χ0) is 18.5. The second-order valence-electron chi connectivity index (χ2n) is 5.80. The van der Waals surface area contributed by atoms with Gasteiger partial charge in [0, 0.05) is 6.42 Å². The van der Waals surface area contributed by atoms with Crippen molar-refractivity contribution >= 4 is 27.5 Å². The minimum absolute atomic E-state index is 0.131. The lowest BCUT2D eigenvalue weighted by molar-refractivity contribution is 0.0455. The maximum absolute atomic E-state index is 12.4. The Hall–Kier alpha value is -2.67. The van der Waals surface area contributed by atoms with E-state index in [9.17, 15) is 9.59 Å². The van der Waals surface area contributed by atoms with Crippen molar-refractivity contribution in [3.05, 3.63) is 57.0 Å². The van der Waals surface area contributed by atoms with Gasteiger partial charge in [-0.3, -0.25) is 4.79 Å². The summed E-state index contributed by atoms with van der Waals surface area (Å²) in [6.07, 6.45) is 1.58. The molecule has 2 aromatic heterocycles. The molecule has 0 aliphatic heterocycles. The van der Waals surface area contributed by atoms with E-state index in [0.29, 0.717) is 32.9 Å². The summed E-state index contributed by atoms with van der Waals surface area (Å²) in [4.78, 5) is 32.9. The van der Waals surface area contributed by atoms with Gasteiger partial charge in [0.2, 0.25) is 0 Å². The predicted molar refractivity (Wildman–Crippen MR) is 101 cm³/mol. The Morgan fingerprint density at radius 3 is 2.73 bits per heavy atom. The Bertz CT molecular complexity index is 963. The second-order valence-corrected chi connectivity index (χ2v) is 6.80. The van der Waals surface area contributed by atoms with Crippen LogP contribution in [0.2, 0.25) is 0 Å². The first-order valence-electron chi connectivity index (χ1n) is 8.47. The van der Waals surface area contributed by atoms with E-state index in [4.69, 9.17) is 9.47 Å². The number of nitrogens with one attached hydrogen (secondary N) is 1. The SMILES string of the molecule is CCCc1nc2sc(C(=O)OCCOc3ccccc3)c(C)c2c(=O)[nH]1. The molecule has 6 nitrogen and oxygen atoms in total. The topological polar surface area (TPSA) is 81.3 Å². The van der Waals surface area contributed by atoms with Gasteiger partial charge in [0.05, 0.1) is 5.39 Å². The molecule has 0 bridgehead atoms. The summed E-state index contributed by atoms with van der Waals surface area (Å²) < 4.78 is 10.8. The van der Waals surface area contributed by atoms with Gasteiger partial charge in [-0.15, -0.1) is 11.3 Å². The van der Waals surface area contributed by atoms with Crippen molar-refractivity contribution in [1.29, 1.82) is 0 Å². The molecule has 0 aliphatic rings. The molecule has 0 atom stereocenters. The van der Waals surface area contributed by atoms with Crippen molar-refractivity contribution in [3.63, 3.8) is 0 Å². The van der Waals surface area contributed by atoms with E-state index < -0.39 is 5.97 Å². The lowest BCUT2D eigenvalue weighted by Crippen LogP contribution is -2.13. The highest BCUT2D eigenvalue weighted by molar-refractivity contribution is 7.20. The first-order valence-corrected chi connectivity index (χ1v) is 9.29. The highest BCUT2D eigenvalue weighted by Gasteiger charge is 2.20. The summed E-state index contributed by atoms with van der Waals surface area (Å²) in [5, 5.41) is 0.460. The van der Waals surface area contributed by atoms with E-state index in [0.717, 1.165) is 12.2 Å². The van der Waals surface area contributed by atoms with Gasteiger partial charge < -0.3 is 14.5 Å². The van der Waals surface area contributed by atoms with Crippen molar-refractivity contribution in [2.45, 2.75) is 26.7 Å². The number of aromatic amines is 1. The van der Waals surface area contributed by atoms with Gasteiger partial charge in [-0.1, -0.05) is 25.1 Å². The monoisotopic (exact) mass is 372 g/mol. The van der Waals surface area contributed by atoms with Crippen molar-refractivity contribution in [3.8, 4) is 5.75 Å². The lowest BCUT2D eigenvalue weighted by atomic mass is 10.2. The molecule has 1 N–H and O–H groups in total. The number of thiophene rings is 1. The van der Waals surface area contributed by atoms with E-state index in [2.05, 4.69) is 9.97 Å². The molecule has 26 heavy (non-hydrogen) atoms. The zero-order valence-corrected chi connectivity index (χ0v) is 15.5. The maximum Gasteiger partial charge on any atom is 0.348 e. The zero-order valence-electron chi connectivity index (χ0n) is 14.7. The average Bonchev–Trinajstić information content (AvgIpc) is 2.97. The van der Waals surface area contributed by atoms with Crippen LogP contribution in [0.5, 0.6) is 5.75 Å². The third kappa shape index (κ3) is 3.94. The van der Waals surface area contributed by atoms with Crippen molar-refractivity contribution in [2.24, 2.45) is 0 Å². The number of aromatic nitrogens is 2. The maximum atomic E-state index is 12.4.